The number of hydrogen-bond donors (Lipinski definition) is 5. The van der Waals surface area contributed by atoms with E-state index in [1.54, 1.807) is 0 Å². The minimum Gasteiger partial charge on any atom is -1.00 e. The van der Waals surface area contributed by atoms with Gasteiger partial charge in [0, 0.05) is 34.1 Å². The van der Waals surface area contributed by atoms with Gasteiger partial charge in [-0.2, -0.15) is 0 Å². The van der Waals surface area contributed by atoms with Gasteiger partial charge < -0.3 is 27.0 Å². The van der Waals surface area contributed by atoms with Crippen LogP contribution >= 0.6 is 0 Å². The normalized spacial score (nSPS) is 48.7. The number of rotatable bonds is 10. The molecule has 8 unspecified atom stereocenters. The van der Waals surface area contributed by atoms with E-state index in [-0.39, 0.29) is 98.1 Å². The van der Waals surface area contributed by atoms with Gasteiger partial charge >= 0.3 is 41.5 Å². The molecule has 5 N–H and O–H groups in total. The Hall–Kier alpha value is -0.445. The van der Waals surface area contributed by atoms with Gasteiger partial charge in [0.05, 0.1) is 18.3 Å². The van der Waals surface area contributed by atoms with Crippen LogP contribution in [-0.4, -0.2) is 70.0 Å². The molecule has 3 radical (unpaired) electrons. The summed E-state index contributed by atoms with van der Waals surface area (Å²) in [5.41, 5.74) is 0.882. The molecule has 0 aliphatic heterocycles. The first-order chi connectivity index (χ1) is 28.3. The van der Waals surface area contributed by atoms with Crippen molar-refractivity contribution in [3.8, 4) is 0 Å². The molecule has 21 atom stereocenters. The maximum absolute atomic E-state index is 12.3. The maximum atomic E-state index is 12.3. The van der Waals surface area contributed by atoms with Crippen molar-refractivity contribution in [2.24, 2.45) is 105 Å². The minimum atomic E-state index is -0.690. The number of carboxylic acids is 2. The second kappa shape index (κ2) is 20.0. The van der Waals surface area contributed by atoms with Gasteiger partial charge in [-0.05, 0) is 194 Å². The summed E-state index contributed by atoms with van der Waals surface area (Å²) in [6.45, 7) is 18.8. The van der Waals surface area contributed by atoms with E-state index in [9.17, 15) is 29.7 Å². The molecular formula is C52H87BNaO8. The standard InChI is InChI=1S/C26H44O4.C26H42O4.B.Na.H/c2*1-5-17-21-14-16(27)10-12-26(21,4)20-11-13-25(3)18(15(2)6-9-22(28)29)7-8-19(25)23(20)24(17)30;;;/h15-21,23-24,27,30H,5-14H2,1-4H3,(H,28,29);15,17-21,23-24,30H,5-14H2,1-4H3,(H,28,29);;;/q;;;+1;-1/t15-,16-,17-,18?,19?,20?,21+,23?,24+,25-,26-;15-,17-,18?,19?,20?,21+,23?,24+,25-,26-;;;/m11.../s1. The third-order valence-electron chi connectivity index (χ3n) is 21.8. The van der Waals surface area contributed by atoms with Crippen molar-refractivity contribution in [3.63, 3.8) is 0 Å². The van der Waals surface area contributed by atoms with Gasteiger partial charge in [-0.3, -0.25) is 14.4 Å². The van der Waals surface area contributed by atoms with Crippen molar-refractivity contribution in [3.05, 3.63) is 0 Å². The number of aliphatic hydroxyl groups excluding tert-OH is 3. The smallest absolute Gasteiger partial charge is 1.00 e. The topological polar surface area (TPSA) is 152 Å². The minimum absolute atomic E-state index is 0. The quantitative estimate of drug-likeness (QED) is 0.145. The number of aliphatic carboxylic acids is 2. The van der Waals surface area contributed by atoms with Gasteiger partial charge in [0.15, 0.2) is 0 Å². The molecule has 0 amide bonds. The first-order valence-electron chi connectivity index (χ1n) is 25.3. The first-order valence-corrected chi connectivity index (χ1v) is 25.3. The van der Waals surface area contributed by atoms with Crippen LogP contribution in [0.2, 0.25) is 0 Å². The Labute approximate surface area is 401 Å². The molecule has 0 aromatic carbocycles. The van der Waals surface area contributed by atoms with E-state index in [1.807, 2.05) is 0 Å². The fraction of sp³-hybridized carbons (Fsp3) is 0.942. The summed E-state index contributed by atoms with van der Waals surface area (Å²) in [7, 11) is 0. The predicted octanol–water partition coefficient (Wildman–Crippen LogP) is 7.17. The molecule has 0 bridgehead atoms. The molecule has 0 saturated heterocycles. The third kappa shape index (κ3) is 8.89. The first kappa shape index (κ1) is 52.5. The van der Waals surface area contributed by atoms with Gasteiger partial charge in [-0.1, -0.05) is 68.2 Å². The molecule has 0 aromatic heterocycles. The number of ketones is 1. The van der Waals surface area contributed by atoms with Gasteiger partial charge in [0.1, 0.15) is 5.78 Å². The summed E-state index contributed by atoms with van der Waals surface area (Å²) in [6, 6.07) is 0. The van der Waals surface area contributed by atoms with E-state index in [2.05, 4.69) is 55.4 Å². The Morgan fingerprint density at radius 1 is 0.613 bits per heavy atom. The van der Waals surface area contributed by atoms with Crippen molar-refractivity contribution in [2.75, 3.05) is 0 Å². The molecule has 8 nitrogen and oxygen atoms in total. The summed E-state index contributed by atoms with van der Waals surface area (Å²) in [4.78, 5) is 34.6. The van der Waals surface area contributed by atoms with Gasteiger partial charge in [0.2, 0.25) is 0 Å². The second-order valence-electron chi connectivity index (χ2n) is 23.9. The zero-order valence-corrected chi connectivity index (χ0v) is 42.5. The van der Waals surface area contributed by atoms with Crippen LogP contribution < -0.4 is 29.6 Å². The van der Waals surface area contributed by atoms with Crippen LogP contribution in [0.15, 0.2) is 0 Å². The molecule has 0 heterocycles. The zero-order chi connectivity index (χ0) is 43.7. The Bertz CT molecular complexity index is 1590. The molecule has 8 fully saturated rings. The van der Waals surface area contributed by atoms with Crippen molar-refractivity contribution in [1.29, 1.82) is 0 Å². The van der Waals surface area contributed by atoms with E-state index < -0.39 is 11.9 Å². The van der Waals surface area contributed by atoms with Crippen LogP contribution in [0.3, 0.4) is 0 Å². The van der Waals surface area contributed by atoms with Gasteiger partial charge in [-0.15, -0.1) is 0 Å². The Kier molecular flexibility index (Phi) is 17.0. The Morgan fingerprint density at radius 2 is 1.02 bits per heavy atom. The maximum Gasteiger partial charge on any atom is 1.00 e. The van der Waals surface area contributed by atoms with E-state index in [4.69, 9.17) is 10.2 Å². The van der Waals surface area contributed by atoms with Gasteiger partial charge in [0.25, 0.3) is 0 Å². The summed E-state index contributed by atoms with van der Waals surface area (Å²) in [6.07, 6.45) is 18.1. The van der Waals surface area contributed by atoms with Crippen molar-refractivity contribution < 1.29 is 70.9 Å². The number of Topliss-reactive ketones (excluding diaryl/α,β-unsaturated/α-hetero) is 1. The average Bonchev–Trinajstić information content (AvgIpc) is 3.74. The summed E-state index contributed by atoms with van der Waals surface area (Å²) in [5, 5.41) is 52.1. The van der Waals surface area contributed by atoms with Gasteiger partial charge in [-0.25, -0.2) is 0 Å². The van der Waals surface area contributed by atoms with E-state index >= 15 is 0 Å². The number of carboxylic acid groups (broad SMARTS) is 2. The molecular weight excluding hydrogens is 786 g/mol. The molecule has 8 aliphatic rings. The molecule has 347 valence electrons. The largest absolute Gasteiger partial charge is 1.00 e. The molecule has 0 spiro atoms. The average molecular weight is 874 g/mol. The molecule has 8 aliphatic carbocycles. The number of carbonyl (C=O) groups is 3. The second-order valence-corrected chi connectivity index (χ2v) is 23.9. The Morgan fingerprint density at radius 3 is 1.45 bits per heavy atom. The summed E-state index contributed by atoms with van der Waals surface area (Å²) >= 11 is 0. The van der Waals surface area contributed by atoms with E-state index in [0.29, 0.717) is 89.1 Å². The van der Waals surface area contributed by atoms with Crippen LogP contribution in [0, 0.1) is 105 Å². The summed E-state index contributed by atoms with van der Waals surface area (Å²) < 4.78 is 0. The molecule has 62 heavy (non-hydrogen) atoms. The zero-order valence-electron chi connectivity index (χ0n) is 41.5. The summed E-state index contributed by atoms with van der Waals surface area (Å²) in [5.74, 6) is 5.27. The molecule has 10 heteroatoms. The number of aliphatic hydroxyl groups is 3. The van der Waals surface area contributed by atoms with Crippen LogP contribution in [0.5, 0.6) is 0 Å². The molecule has 0 aromatic rings. The van der Waals surface area contributed by atoms with E-state index in [0.717, 1.165) is 64.2 Å². The number of hydrogen-bond acceptors (Lipinski definition) is 6. The van der Waals surface area contributed by atoms with Crippen LogP contribution in [-0.2, 0) is 14.4 Å². The van der Waals surface area contributed by atoms with Crippen LogP contribution in [0.1, 0.15) is 185 Å². The van der Waals surface area contributed by atoms with Crippen LogP contribution in [0.4, 0.5) is 0 Å². The predicted molar refractivity (Wildman–Crippen MR) is 241 cm³/mol. The van der Waals surface area contributed by atoms with Crippen LogP contribution in [0.25, 0.3) is 0 Å². The van der Waals surface area contributed by atoms with E-state index in [1.165, 1.54) is 44.9 Å². The number of carbonyl (C=O) groups excluding carboxylic acids is 1. The SMILES string of the molecule is CC[C@H]1[C@H](O)C2C3CCC([C@H](C)CCC(=O)O)[C@@]3(C)CCC2[C@@]2(C)CCC(=O)C[C@@H]12.CC[C@H]1[C@H](O)C2C3CCC([C@H](C)CCC(=O)O)[C@@]3(C)CCC2[C@@]2(C)CC[C@@H](O)C[C@@H]12.[B].[H-].[Na+]. The number of fused-ring (bicyclic) bond motifs is 10. The van der Waals surface area contributed by atoms with Crippen molar-refractivity contribution in [1.82, 2.24) is 0 Å². The Balaban J connectivity index is 0.000000264. The van der Waals surface area contributed by atoms with Crippen molar-refractivity contribution in [2.45, 2.75) is 202 Å². The van der Waals surface area contributed by atoms with Crippen molar-refractivity contribution >= 4 is 26.1 Å². The third-order valence-corrected chi connectivity index (χ3v) is 21.8. The molecule has 8 rings (SSSR count). The monoisotopic (exact) mass is 874 g/mol. The fourth-order valence-corrected chi connectivity index (χ4v) is 18.8. The fourth-order valence-electron chi connectivity index (χ4n) is 18.8. The molecule has 8 saturated carbocycles.